The van der Waals surface area contributed by atoms with Gasteiger partial charge in [-0.3, -0.25) is 0 Å². The number of benzene rings is 5. The number of hydrogen-bond donors (Lipinski definition) is 2. The first-order valence-corrected chi connectivity index (χ1v) is 12.0. The molecule has 0 amide bonds. The van der Waals surface area contributed by atoms with Gasteiger partial charge in [0.2, 0.25) is 5.75 Å². The van der Waals surface area contributed by atoms with Gasteiger partial charge in [0.15, 0.2) is 11.1 Å². The normalized spacial score (nSPS) is 11.5. The van der Waals surface area contributed by atoms with Gasteiger partial charge in [-0.2, -0.15) is 0 Å². The fourth-order valence-corrected chi connectivity index (χ4v) is 8.96. The van der Waals surface area contributed by atoms with Crippen molar-refractivity contribution in [2.75, 3.05) is 0 Å². The zero-order valence-corrected chi connectivity index (χ0v) is 17.8. The van der Waals surface area contributed by atoms with E-state index in [1.54, 1.807) is 6.07 Å². The quantitative estimate of drug-likeness (QED) is 0.321. The Bertz CT molecular complexity index is 1240. The molecule has 5 aromatic carbocycles. The lowest BCUT2D eigenvalue weighted by Gasteiger charge is -2.29. The van der Waals surface area contributed by atoms with Crippen molar-refractivity contribution in [3.8, 4) is 11.5 Å². The van der Waals surface area contributed by atoms with Crippen LogP contribution in [-0.2, 0) is 0 Å². The molecule has 0 saturated heterocycles. The Morgan fingerprint density at radius 2 is 0.903 bits per heavy atom. The van der Waals surface area contributed by atoms with Gasteiger partial charge >= 0.3 is 0 Å². The molecule has 3 heteroatoms. The van der Waals surface area contributed by atoms with E-state index in [0.29, 0.717) is 0 Å². The van der Waals surface area contributed by atoms with E-state index in [1.165, 1.54) is 0 Å². The van der Waals surface area contributed by atoms with E-state index in [2.05, 4.69) is 36.4 Å². The molecule has 5 rings (SSSR count). The molecular weight excluding hydrogens is 399 g/mol. The molecule has 150 valence electrons. The molecule has 0 atom stereocenters. The summed E-state index contributed by atoms with van der Waals surface area (Å²) in [5.74, 6) is -0.149. The predicted molar refractivity (Wildman–Crippen MR) is 132 cm³/mol. The fourth-order valence-electron chi connectivity index (χ4n) is 4.43. The minimum Gasteiger partial charge on any atom is -0.504 e. The highest BCUT2D eigenvalue weighted by Crippen LogP contribution is 2.58. The van der Waals surface area contributed by atoms with Crippen LogP contribution in [0.1, 0.15) is 0 Å². The maximum Gasteiger partial charge on any atom is 0.202 e. The van der Waals surface area contributed by atoms with Crippen LogP contribution in [0, 0.1) is 0 Å². The lowest BCUT2D eigenvalue weighted by atomic mass is 10.1. The minimum absolute atomic E-state index is 0.0522. The largest absolute Gasteiger partial charge is 0.504 e. The van der Waals surface area contributed by atoms with Gasteiger partial charge in [-0.15, -0.1) is 0 Å². The molecule has 0 unspecified atom stereocenters. The Labute approximate surface area is 182 Å². The third kappa shape index (κ3) is 3.08. The van der Waals surface area contributed by atoms with Crippen molar-refractivity contribution in [2.45, 2.75) is 0 Å². The van der Waals surface area contributed by atoms with Gasteiger partial charge in [0.05, 0.1) is 0 Å². The van der Waals surface area contributed by atoms with Gasteiger partial charge in [-0.25, -0.2) is 0 Å². The Morgan fingerprint density at radius 3 is 1.39 bits per heavy atom. The second-order valence-corrected chi connectivity index (χ2v) is 10.8. The first-order chi connectivity index (χ1) is 15.2. The van der Waals surface area contributed by atoms with Crippen molar-refractivity contribution in [1.29, 1.82) is 0 Å². The predicted octanol–water partition coefficient (Wildman–Crippen LogP) is 4.87. The van der Waals surface area contributed by atoms with Gasteiger partial charge in [0.25, 0.3) is 0 Å². The van der Waals surface area contributed by atoms with Crippen LogP contribution in [0.25, 0.3) is 10.8 Å². The number of aromatic hydroxyl groups is 2. The van der Waals surface area contributed by atoms with Gasteiger partial charge in [0.1, 0.15) is 23.2 Å². The molecule has 0 aliphatic heterocycles. The van der Waals surface area contributed by atoms with Crippen LogP contribution in [0.2, 0.25) is 0 Å². The van der Waals surface area contributed by atoms with E-state index in [9.17, 15) is 10.2 Å². The molecule has 0 spiro atoms. The number of fused-ring (bicyclic) bond motifs is 1. The molecule has 0 bridgehead atoms. The van der Waals surface area contributed by atoms with Crippen LogP contribution in [-0.4, -0.2) is 10.2 Å². The smallest absolute Gasteiger partial charge is 0.202 e. The van der Waals surface area contributed by atoms with E-state index in [-0.39, 0.29) is 11.5 Å². The highest BCUT2D eigenvalue weighted by molar-refractivity contribution is 8.02. The van der Waals surface area contributed by atoms with Crippen LogP contribution < -0.4 is 21.2 Å². The average Bonchev–Trinajstić information content (AvgIpc) is 2.84. The maximum absolute atomic E-state index is 11.4. The number of hydrogen-bond acceptors (Lipinski definition) is 2. The Balaban J connectivity index is 2.05. The summed E-state index contributed by atoms with van der Waals surface area (Å²) in [6, 6.07) is 40.6. The summed E-state index contributed by atoms with van der Waals surface area (Å²) in [5.41, 5.74) is 0. The van der Waals surface area contributed by atoms with Crippen LogP contribution in [0.15, 0.2) is 121 Å². The van der Waals surface area contributed by atoms with Crippen molar-refractivity contribution in [1.82, 2.24) is 0 Å². The summed E-state index contributed by atoms with van der Waals surface area (Å²) in [7, 11) is -2.53. The van der Waals surface area contributed by atoms with Crippen molar-refractivity contribution in [3.05, 3.63) is 121 Å². The summed E-state index contributed by atoms with van der Waals surface area (Å²) in [4.78, 5) is 0. The number of phenols is 2. The minimum atomic E-state index is -2.53. The lowest BCUT2D eigenvalue weighted by Crippen LogP contribution is -2.39. The molecular formula is C28H22O2P+. The maximum atomic E-state index is 11.4. The second kappa shape index (κ2) is 7.91. The van der Waals surface area contributed by atoms with E-state index < -0.39 is 7.26 Å². The standard InChI is InChI=1S/C28H21O2P/c29-26-20-21-12-10-11-19-25(21)28(27(26)30)31(22-13-4-1-5-14-22,23-15-6-2-7-16-23)24-17-8-3-9-18-24/h1-20H,(H-,29,30)/p+1. The number of phenolic OH excluding ortho intramolecular Hbond substituents is 2. The zero-order chi connectivity index (χ0) is 21.3. The molecule has 0 saturated carbocycles. The molecule has 0 radical (unpaired) electrons. The first kappa shape index (κ1) is 19.4. The van der Waals surface area contributed by atoms with Crippen molar-refractivity contribution in [2.24, 2.45) is 0 Å². The third-order valence-corrected chi connectivity index (χ3v) is 10.1. The van der Waals surface area contributed by atoms with Crippen molar-refractivity contribution >= 4 is 39.3 Å². The fraction of sp³-hybridized carbons (Fsp3) is 0. The van der Waals surface area contributed by atoms with Crippen LogP contribution >= 0.6 is 7.26 Å². The van der Waals surface area contributed by atoms with E-state index in [0.717, 1.165) is 32.0 Å². The van der Waals surface area contributed by atoms with Crippen LogP contribution in [0.4, 0.5) is 0 Å². The molecule has 2 nitrogen and oxygen atoms in total. The Morgan fingerprint density at radius 1 is 0.484 bits per heavy atom. The SMILES string of the molecule is Oc1cc2ccccc2c([P+](c2ccccc2)(c2ccccc2)c2ccccc2)c1O. The third-order valence-electron chi connectivity index (χ3n) is 5.74. The Hall–Kier alpha value is -3.61. The van der Waals surface area contributed by atoms with Gasteiger partial charge in [0, 0.05) is 5.39 Å². The topological polar surface area (TPSA) is 40.5 Å². The van der Waals surface area contributed by atoms with Crippen LogP contribution in [0.5, 0.6) is 11.5 Å². The summed E-state index contributed by atoms with van der Waals surface area (Å²) >= 11 is 0. The van der Waals surface area contributed by atoms with Crippen molar-refractivity contribution in [3.63, 3.8) is 0 Å². The van der Waals surface area contributed by atoms with E-state index in [1.807, 2.05) is 78.9 Å². The number of rotatable bonds is 4. The van der Waals surface area contributed by atoms with E-state index >= 15 is 0 Å². The summed E-state index contributed by atoms with van der Waals surface area (Å²) in [6.45, 7) is 0. The summed E-state index contributed by atoms with van der Waals surface area (Å²) < 4.78 is 0. The summed E-state index contributed by atoms with van der Waals surface area (Å²) in [5, 5.41) is 28.2. The van der Waals surface area contributed by atoms with Gasteiger partial charge < -0.3 is 10.2 Å². The Kier molecular flexibility index (Phi) is 4.94. The highest BCUT2D eigenvalue weighted by atomic mass is 31.2. The molecule has 0 fully saturated rings. The molecule has 31 heavy (non-hydrogen) atoms. The molecule has 0 aliphatic carbocycles. The molecule has 0 heterocycles. The molecule has 0 aliphatic rings. The van der Waals surface area contributed by atoms with Crippen LogP contribution in [0.3, 0.4) is 0 Å². The molecule has 2 N–H and O–H groups in total. The van der Waals surface area contributed by atoms with E-state index in [4.69, 9.17) is 0 Å². The lowest BCUT2D eigenvalue weighted by molar-refractivity contribution is 0.407. The monoisotopic (exact) mass is 421 g/mol. The van der Waals surface area contributed by atoms with Gasteiger partial charge in [-0.1, -0.05) is 78.9 Å². The first-order valence-electron chi connectivity index (χ1n) is 10.2. The second-order valence-electron chi connectivity index (χ2n) is 7.49. The summed E-state index contributed by atoms with van der Waals surface area (Å²) in [6.07, 6.45) is 0. The van der Waals surface area contributed by atoms with Gasteiger partial charge in [-0.05, 0) is 47.9 Å². The molecule has 5 aromatic rings. The van der Waals surface area contributed by atoms with Crippen molar-refractivity contribution < 1.29 is 10.2 Å². The highest BCUT2D eigenvalue weighted by Gasteiger charge is 2.51. The average molecular weight is 421 g/mol. The molecule has 0 aromatic heterocycles. The zero-order valence-electron chi connectivity index (χ0n) is 16.9.